The van der Waals surface area contributed by atoms with E-state index in [0.29, 0.717) is 5.41 Å². The van der Waals surface area contributed by atoms with E-state index in [1.807, 2.05) is 11.3 Å². The van der Waals surface area contributed by atoms with Crippen LogP contribution < -0.4 is 0 Å². The fourth-order valence-electron chi connectivity index (χ4n) is 1.70. The van der Waals surface area contributed by atoms with Crippen molar-refractivity contribution in [2.75, 3.05) is 0 Å². The van der Waals surface area contributed by atoms with Crippen LogP contribution in [0.3, 0.4) is 0 Å². The predicted molar refractivity (Wildman–Crippen MR) is 65.9 cm³/mol. The van der Waals surface area contributed by atoms with Gasteiger partial charge in [-0.15, -0.1) is 11.3 Å². The third kappa shape index (κ3) is 4.28. The Bertz CT molecular complexity index is 234. The van der Waals surface area contributed by atoms with Gasteiger partial charge in [0.25, 0.3) is 0 Å². The van der Waals surface area contributed by atoms with Crippen molar-refractivity contribution in [1.29, 1.82) is 0 Å². The first-order valence-corrected chi connectivity index (χ1v) is 6.54. The first-order valence-electron chi connectivity index (χ1n) is 5.66. The van der Waals surface area contributed by atoms with Gasteiger partial charge < -0.3 is 0 Å². The molecule has 0 saturated heterocycles. The zero-order valence-electron chi connectivity index (χ0n) is 9.68. The molecule has 0 unspecified atom stereocenters. The molecule has 0 fully saturated rings. The highest BCUT2D eigenvalue weighted by atomic mass is 32.1. The van der Waals surface area contributed by atoms with E-state index >= 15 is 0 Å². The maximum absolute atomic E-state index is 2.40. The summed E-state index contributed by atoms with van der Waals surface area (Å²) in [7, 11) is 0. The van der Waals surface area contributed by atoms with Gasteiger partial charge in [-0.3, -0.25) is 0 Å². The van der Waals surface area contributed by atoms with Gasteiger partial charge in [0.05, 0.1) is 0 Å². The molecular formula is C13H22S. The Kier molecular flexibility index (Phi) is 4.67. The van der Waals surface area contributed by atoms with Crippen molar-refractivity contribution in [1.82, 2.24) is 0 Å². The molecular weight excluding hydrogens is 188 g/mol. The van der Waals surface area contributed by atoms with Crippen LogP contribution in [0.15, 0.2) is 17.5 Å². The lowest BCUT2D eigenvalue weighted by atomic mass is 9.82. The van der Waals surface area contributed by atoms with Gasteiger partial charge in [0, 0.05) is 4.88 Å². The van der Waals surface area contributed by atoms with E-state index in [1.54, 1.807) is 0 Å². The van der Waals surface area contributed by atoms with Crippen molar-refractivity contribution in [2.45, 2.75) is 52.9 Å². The van der Waals surface area contributed by atoms with Crippen molar-refractivity contribution in [2.24, 2.45) is 5.41 Å². The minimum Gasteiger partial charge on any atom is -0.149 e. The highest BCUT2D eigenvalue weighted by Gasteiger charge is 2.16. The molecule has 80 valence electrons. The topological polar surface area (TPSA) is 0 Å². The van der Waals surface area contributed by atoms with Gasteiger partial charge in [0.15, 0.2) is 0 Å². The SMILES string of the molecule is CCCCC(C)(C)CCc1cccs1. The number of thiophene rings is 1. The highest BCUT2D eigenvalue weighted by Crippen LogP contribution is 2.29. The van der Waals surface area contributed by atoms with Crippen LogP contribution >= 0.6 is 11.3 Å². The summed E-state index contributed by atoms with van der Waals surface area (Å²) in [6, 6.07) is 4.40. The van der Waals surface area contributed by atoms with Gasteiger partial charge >= 0.3 is 0 Å². The molecule has 0 radical (unpaired) electrons. The summed E-state index contributed by atoms with van der Waals surface area (Å²) in [5, 5.41) is 2.17. The minimum absolute atomic E-state index is 0.528. The summed E-state index contributed by atoms with van der Waals surface area (Å²) in [6.07, 6.45) is 6.65. The fraction of sp³-hybridized carbons (Fsp3) is 0.692. The van der Waals surface area contributed by atoms with Crippen LogP contribution in [0.5, 0.6) is 0 Å². The maximum atomic E-state index is 2.40. The zero-order valence-corrected chi connectivity index (χ0v) is 10.5. The molecule has 1 heterocycles. The van der Waals surface area contributed by atoms with E-state index in [1.165, 1.54) is 37.0 Å². The average molecular weight is 210 g/mol. The van der Waals surface area contributed by atoms with Crippen LogP contribution in [-0.2, 0) is 6.42 Å². The Morgan fingerprint density at radius 2 is 2.07 bits per heavy atom. The Labute approximate surface area is 92.4 Å². The van der Waals surface area contributed by atoms with Gasteiger partial charge in [-0.25, -0.2) is 0 Å². The largest absolute Gasteiger partial charge is 0.149 e. The molecule has 0 spiro atoms. The van der Waals surface area contributed by atoms with Gasteiger partial charge in [0.1, 0.15) is 0 Å². The van der Waals surface area contributed by atoms with Crippen LogP contribution in [0.2, 0.25) is 0 Å². The number of hydrogen-bond acceptors (Lipinski definition) is 1. The van der Waals surface area contributed by atoms with Crippen LogP contribution in [0.25, 0.3) is 0 Å². The lowest BCUT2D eigenvalue weighted by Gasteiger charge is -2.23. The van der Waals surface area contributed by atoms with Gasteiger partial charge in [-0.1, -0.05) is 39.7 Å². The normalized spacial score (nSPS) is 11.9. The predicted octanol–water partition coefficient (Wildman–Crippen LogP) is 4.90. The first kappa shape index (κ1) is 11.8. The quantitative estimate of drug-likeness (QED) is 0.626. The van der Waals surface area contributed by atoms with E-state index in [0.717, 1.165) is 0 Å². The van der Waals surface area contributed by atoms with Crippen LogP contribution in [0, 0.1) is 5.41 Å². The van der Waals surface area contributed by atoms with Gasteiger partial charge in [-0.05, 0) is 36.1 Å². The molecule has 0 N–H and O–H groups in total. The number of aryl methyl sites for hydroxylation is 1. The van der Waals surface area contributed by atoms with Crippen molar-refractivity contribution in [3.05, 3.63) is 22.4 Å². The van der Waals surface area contributed by atoms with E-state index < -0.39 is 0 Å². The van der Waals surface area contributed by atoms with Crippen molar-refractivity contribution in [3.63, 3.8) is 0 Å². The fourth-order valence-corrected chi connectivity index (χ4v) is 2.41. The maximum Gasteiger partial charge on any atom is 0.00454 e. The lowest BCUT2D eigenvalue weighted by Crippen LogP contribution is -2.11. The molecule has 0 atom stereocenters. The van der Waals surface area contributed by atoms with Crippen LogP contribution in [0.4, 0.5) is 0 Å². The molecule has 0 aliphatic heterocycles. The van der Waals surface area contributed by atoms with Crippen molar-refractivity contribution < 1.29 is 0 Å². The highest BCUT2D eigenvalue weighted by molar-refractivity contribution is 7.09. The molecule has 1 aromatic rings. The smallest absolute Gasteiger partial charge is 0.00454 e. The summed E-state index contributed by atoms with van der Waals surface area (Å²) >= 11 is 1.89. The van der Waals surface area contributed by atoms with Gasteiger partial charge in [0.2, 0.25) is 0 Å². The lowest BCUT2D eigenvalue weighted by molar-refractivity contribution is 0.299. The number of unbranched alkanes of at least 4 members (excludes halogenated alkanes) is 1. The molecule has 0 aromatic carbocycles. The van der Waals surface area contributed by atoms with E-state index in [-0.39, 0.29) is 0 Å². The summed E-state index contributed by atoms with van der Waals surface area (Å²) in [4.78, 5) is 1.54. The molecule has 0 saturated carbocycles. The summed E-state index contributed by atoms with van der Waals surface area (Å²) in [5.41, 5.74) is 0.528. The molecule has 14 heavy (non-hydrogen) atoms. The second-order valence-electron chi connectivity index (χ2n) is 4.85. The molecule has 0 bridgehead atoms. The van der Waals surface area contributed by atoms with Crippen molar-refractivity contribution >= 4 is 11.3 Å². The Balaban J connectivity index is 2.28. The van der Waals surface area contributed by atoms with Crippen LogP contribution in [-0.4, -0.2) is 0 Å². The zero-order chi connectivity index (χ0) is 10.4. The Hall–Kier alpha value is -0.300. The molecule has 1 aromatic heterocycles. The third-order valence-corrected chi connectivity index (χ3v) is 3.77. The second-order valence-corrected chi connectivity index (χ2v) is 5.88. The Morgan fingerprint density at radius 1 is 1.29 bits per heavy atom. The third-order valence-electron chi connectivity index (χ3n) is 2.84. The number of rotatable bonds is 6. The molecule has 0 aliphatic rings. The molecule has 0 nitrogen and oxygen atoms in total. The standard InChI is InChI=1S/C13H22S/c1-4-5-9-13(2,3)10-8-12-7-6-11-14-12/h6-7,11H,4-5,8-10H2,1-3H3. The van der Waals surface area contributed by atoms with E-state index in [2.05, 4.69) is 38.3 Å². The molecule has 0 amide bonds. The number of hydrogen-bond donors (Lipinski definition) is 0. The van der Waals surface area contributed by atoms with E-state index in [4.69, 9.17) is 0 Å². The van der Waals surface area contributed by atoms with Crippen LogP contribution in [0.1, 0.15) is 51.3 Å². The average Bonchev–Trinajstić information content (AvgIpc) is 2.64. The summed E-state index contributed by atoms with van der Waals surface area (Å²) in [5.74, 6) is 0. The second kappa shape index (κ2) is 5.55. The Morgan fingerprint density at radius 3 is 2.64 bits per heavy atom. The minimum atomic E-state index is 0.528. The summed E-state index contributed by atoms with van der Waals surface area (Å²) < 4.78 is 0. The van der Waals surface area contributed by atoms with Crippen molar-refractivity contribution in [3.8, 4) is 0 Å². The first-order chi connectivity index (χ1) is 6.64. The molecule has 0 aliphatic carbocycles. The van der Waals surface area contributed by atoms with Gasteiger partial charge in [-0.2, -0.15) is 0 Å². The molecule has 1 rings (SSSR count). The van der Waals surface area contributed by atoms with E-state index in [9.17, 15) is 0 Å². The summed E-state index contributed by atoms with van der Waals surface area (Å²) in [6.45, 7) is 7.07. The monoisotopic (exact) mass is 210 g/mol. The molecule has 1 heteroatoms.